The molecule has 0 bridgehead atoms. The Morgan fingerprint density at radius 1 is 1.29 bits per heavy atom. The molecule has 1 atom stereocenters. The minimum atomic E-state index is -0.483. The van der Waals surface area contributed by atoms with Crippen molar-refractivity contribution in [2.24, 2.45) is 5.92 Å². The van der Waals surface area contributed by atoms with Crippen molar-refractivity contribution in [2.45, 2.75) is 71.3 Å². The normalized spacial score (nSPS) is 19.1. The highest BCUT2D eigenvalue weighted by Gasteiger charge is 2.43. The number of carbonyl (C=O) groups is 2. The van der Waals surface area contributed by atoms with E-state index < -0.39 is 5.60 Å². The first-order valence-electron chi connectivity index (χ1n) is 10.7. The van der Waals surface area contributed by atoms with Gasteiger partial charge in [0.1, 0.15) is 11.4 Å². The molecule has 1 aromatic rings. The number of carbonyl (C=O) groups excluding carboxylic acids is 2. The van der Waals surface area contributed by atoms with Crippen molar-refractivity contribution >= 4 is 11.9 Å². The zero-order chi connectivity index (χ0) is 20.1. The number of aryl methyl sites for hydroxylation is 1. The van der Waals surface area contributed by atoms with E-state index in [0.29, 0.717) is 56.2 Å². The molecule has 0 saturated carbocycles. The van der Waals surface area contributed by atoms with Crippen LogP contribution in [0.1, 0.15) is 74.7 Å². The molecule has 1 aromatic carbocycles. The summed E-state index contributed by atoms with van der Waals surface area (Å²) in [6, 6.07) is 5.77. The Morgan fingerprint density at radius 3 is 2.71 bits per heavy atom. The van der Waals surface area contributed by atoms with Crippen LogP contribution in [0.3, 0.4) is 0 Å². The molecule has 5 nitrogen and oxygen atoms in total. The molecule has 2 aliphatic heterocycles. The van der Waals surface area contributed by atoms with Gasteiger partial charge in [-0.3, -0.25) is 4.79 Å². The van der Waals surface area contributed by atoms with Gasteiger partial charge in [0.2, 0.25) is 0 Å². The molecule has 1 fully saturated rings. The molecule has 3 rings (SSSR count). The second kappa shape index (κ2) is 8.97. The summed E-state index contributed by atoms with van der Waals surface area (Å²) >= 11 is 0. The lowest BCUT2D eigenvalue weighted by atomic mass is 9.82. The number of likely N-dealkylation sites (tertiary alicyclic amines) is 1. The van der Waals surface area contributed by atoms with Gasteiger partial charge in [-0.2, -0.15) is 0 Å². The number of benzene rings is 1. The van der Waals surface area contributed by atoms with Crippen LogP contribution >= 0.6 is 0 Å². The zero-order valence-corrected chi connectivity index (χ0v) is 17.5. The maximum Gasteiger partial charge on any atom is 0.409 e. The predicted molar refractivity (Wildman–Crippen MR) is 109 cm³/mol. The van der Waals surface area contributed by atoms with E-state index in [1.165, 1.54) is 12.8 Å². The average Bonchev–Trinajstić information content (AvgIpc) is 2.69. The summed E-state index contributed by atoms with van der Waals surface area (Å²) in [6.07, 6.45) is 5.96. The Labute approximate surface area is 168 Å². The third-order valence-electron chi connectivity index (χ3n) is 6.16. The van der Waals surface area contributed by atoms with Crippen LogP contribution < -0.4 is 4.74 Å². The molecule has 2 aliphatic rings. The number of rotatable bonds is 6. The van der Waals surface area contributed by atoms with Crippen LogP contribution in [0.2, 0.25) is 0 Å². The second-order valence-corrected chi connectivity index (χ2v) is 8.37. The van der Waals surface area contributed by atoms with E-state index in [1.54, 1.807) is 4.90 Å². The van der Waals surface area contributed by atoms with Gasteiger partial charge in [0.25, 0.3) is 0 Å². The van der Waals surface area contributed by atoms with Crippen molar-refractivity contribution in [1.82, 2.24) is 4.90 Å². The zero-order valence-electron chi connectivity index (χ0n) is 17.5. The van der Waals surface area contributed by atoms with Crippen LogP contribution in [0.15, 0.2) is 18.2 Å². The lowest BCUT2D eigenvalue weighted by Crippen LogP contribution is -2.52. The van der Waals surface area contributed by atoms with Gasteiger partial charge in [-0.15, -0.1) is 0 Å². The van der Waals surface area contributed by atoms with Crippen LogP contribution in [0.4, 0.5) is 4.79 Å². The molecule has 1 spiro atoms. The number of unbranched alkanes of at least 4 members (excludes halogenated alkanes) is 1. The molecule has 0 aliphatic carbocycles. The summed E-state index contributed by atoms with van der Waals surface area (Å²) in [5.74, 6) is 1.27. The van der Waals surface area contributed by atoms with Gasteiger partial charge < -0.3 is 14.4 Å². The summed E-state index contributed by atoms with van der Waals surface area (Å²) in [5.41, 5.74) is 1.27. The van der Waals surface area contributed by atoms with E-state index in [2.05, 4.69) is 13.8 Å². The topological polar surface area (TPSA) is 55.8 Å². The molecular weight excluding hydrogens is 354 g/mol. The van der Waals surface area contributed by atoms with Gasteiger partial charge in [0.15, 0.2) is 5.78 Å². The Bertz CT molecular complexity index is 707. The average molecular weight is 388 g/mol. The first-order chi connectivity index (χ1) is 13.5. The highest BCUT2D eigenvalue weighted by molar-refractivity contribution is 6.00. The number of fused-ring (bicyclic) bond motifs is 1. The van der Waals surface area contributed by atoms with E-state index in [1.807, 2.05) is 25.1 Å². The SMILES string of the molecule is CCCCC(CC)COC(=O)N1CCC2(CC1)CC(=O)c1cc(C)ccc1O2. The van der Waals surface area contributed by atoms with Crippen molar-refractivity contribution in [3.8, 4) is 5.75 Å². The Morgan fingerprint density at radius 2 is 2.04 bits per heavy atom. The molecule has 0 N–H and O–H groups in total. The molecule has 1 unspecified atom stereocenters. The van der Waals surface area contributed by atoms with Gasteiger partial charge in [-0.1, -0.05) is 44.7 Å². The number of hydrogen-bond donors (Lipinski definition) is 0. The van der Waals surface area contributed by atoms with Crippen LogP contribution in [-0.2, 0) is 4.74 Å². The minimum Gasteiger partial charge on any atom is -0.486 e. The van der Waals surface area contributed by atoms with Gasteiger partial charge in [-0.05, 0) is 31.4 Å². The fourth-order valence-corrected chi connectivity index (χ4v) is 4.16. The summed E-state index contributed by atoms with van der Waals surface area (Å²) in [7, 11) is 0. The highest BCUT2D eigenvalue weighted by atomic mass is 16.6. The summed E-state index contributed by atoms with van der Waals surface area (Å²) in [6.45, 7) is 7.94. The summed E-state index contributed by atoms with van der Waals surface area (Å²) in [5, 5.41) is 0. The van der Waals surface area contributed by atoms with Gasteiger partial charge in [0.05, 0.1) is 18.6 Å². The second-order valence-electron chi connectivity index (χ2n) is 8.37. The van der Waals surface area contributed by atoms with Gasteiger partial charge in [0, 0.05) is 25.9 Å². The maximum absolute atomic E-state index is 12.6. The fraction of sp³-hybridized carbons (Fsp3) is 0.652. The quantitative estimate of drug-likeness (QED) is 0.677. The number of hydrogen-bond acceptors (Lipinski definition) is 4. The van der Waals surface area contributed by atoms with E-state index >= 15 is 0 Å². The van der Waals surface area contributed by atoms with Crippen LogP contribution in [0.5, 0.6) is 5.75 Å². The molecule has 0 radical (unpaired) electrons. The third kappa shape index (κ3) is 4.68. The number of nitrogens with zero attached hydrogens (tertiary/aromatic N) is 1. The highest BCUT2D eigenvalue weighted by Crippen LogP contribution is 2.39. The van der Waals surface area contributed by atoms with Crippen LogP contribution in [0, 0.1) is 12.8 Å². The van der Waals surface area contributed by atoms with E-state index in [4.69, 9.17) is 9.47 Å². The minimum absolute atomic E-state index is 0.141. The molecule has 154 valence electrons. The Hall–Kier alpha value is -2.04. The third-order valence-corrected chi connectivity index (χ3v) is 6.16. The van der Waals surface area contributed by atoms with E-state index in [0.717, 1.165) is 18.4 Å². The lowest BCUT2D eigenvalue weighted by Gasteiger charge is -2.43. The molecule has 0 aromatic heterocycles. The van der Waals surface area contributed by atoms with Crippen molar-refractivity contribution in [1.29, 1.82) is 0 Å². The van der Waals surface area contributed by atoms with Crippen molar-refractivity contribution in [3.05, 3.63) is 29.3 Å². The summed E-state index contributed by atoms with van der Waals surface area (Å²) in [4.78, 5) is 26.9. The van der Waals surface area contributed by atoms with Gasteiger partial charge >= 0.3 is 6.09 Å². The molecule has 1 amide bonds. The van der Waals surface area contributed by atoms with Gasteiger partial charge in [-0.25, -0.2) is 4.79 Å². The van der Waals surface area contributed by atoms with E-state index in [9.17, 15) is 9.59 Å². The predicted octanol–water partition coefficient (Wildman–Crippen LogP) is 5.15. The molecule has 2 heterocycles. The Kier molecular flexibility index (Phi) is 6.63. The number of Topliss-reactive ketones (excluding diaryl/α,β-unsaturated/α-hetero) is 1. The molecule has 1 saturated heterocycles. The first kappa shape index (κ1) is 20.7. The number of ether oxygens (including phenoxy) is 2. The fourth-order valence-electron chi connectivity index (χ4n) is 4.16. The molecule has 5 heteroatoms. The first-order valence-corrected chi connectivity index (χ1v) is 10.7. The number of ketones is 1. The standard InChI is InChI=1S/C23H33NO4/c1-4-6-7-18(5-2)16-27-22(26)24-12-10-23(11-13-24)15-20(25)19-14-17(3)8-9-21(19)28-23/h8-9,14,18H,4-7,10-13,15-16H2,1-3H3. The largest absolute Gasteiger partial charge is 0.486 e. The maximum atomic E-state index is 12.6. The number of amides is 1. The Balaban J connectivity index is 1.53. The molecule has 28 heavy (non-hydrogen) atoms. The lowest BCUT2D eigenvalue weighted by molar-refractivity contribution is -0.0106. The molecular formula is C23H33NO4. The monoisotopic (exact) mass is 387 g/mol. The van der Waals surface area contributed by atoms with Crippen molar-refractivity contribution in [3.63, 3.8) is 0 Å². The number of piperidine rings is 1. The summed E-state index contributed by atoms with van der Waals surface area (Å²) < 4.78 is 11.9. The van der Waals surface area contributed by atoms with Crippen LogP contribution in [-0.4, -0.2) is 42.1 Å². The van der Waals surface area contributed by atoms with Crippen molar-refractivity contribution < 1.29 is 19.1 Å². The smallest absolute Gasteiger partial charge is 0.409 e. The van der Waals surface area contributed by atoms with Crippen LogP contribution in [0.25, 0.3) is 0 Å². The van der Waals surface area contributed by atoms with Crippen molar-refractivity contribution in [2.75, 3.05) is 19.7 Å². The van der Waals surface area contributed by atoms with E-state index in [-0.39, 0.29) is 11.9 Å².